The lowest BCUT2D eigenvalue weighted by atomic mass is 9.59. The highest BCUT2D eigenvalue weighted by Crippen LogP contribution is 2.54. The summed E-state index contributed by atoms with van der Waals surface area (Å²) in [5.74, 6) is 0.128. The lowest BCUT2D eigenvalue weighted by Gasteiger charge is -2.63. The summed E-state index contributed by atoms with van der Waals surface area (Å²) in [7, 11) is -1.69. The standard InChI is InChI=1S/C58H68FN9O10S/c1-35(2)42-8-6-7-9-43(42)48-32-65(31-37-10-15-49(51(22-37)75-4)77-40-12-13-40)20-21-67(48)39-26-58(27-39)33-66(34-58)38-11-14-44(50(23-38)78-52-25-45-46(59)30-62-53(45)63-56(52)76-5)55(69)64-79(73,74)41-24-47(68(71)72)54(61-29-41)60-28-36-16-18-57(3,70)19-17-36/h6-11,14-15,22-25,29-30,35-36,39-40,48,70H,12-13,16-21,26-28,31-34H2,1-5H3,(H,60,61)(H,62,63)(H,64,69)/t36?,48-,57?/m0/s1. The second kappa shape index (κ2) is 21.5. The van der Waals surface area contributed by atoms with E-state index in [0.717, 1.165) is 94.9 Å². The molecule has 3 aliphatic carbocycles. The normalized spacial score (nSPS) is 21.6. The van der Waals surface area contributed by atoms with Crippen LogP contribution in [0.4, 0.5) is 21.6 Å². The number of piperazine rings is 1. The van der Waals surface area contributed by atoms with Crippen LogP contribution in [0.5, 0.6) is 28.9 Å². The van der Waals surface area contributed by atoms with E-state index in [-0.39, 0.29) is 63.3 Å². The van der Waals surface area contributed by atoms with Gasteiger partial charge in [0.25, 0.3) is 21.8 Å². The minimum absolute atomic E-state index is 0.0205. The first-order valence-electron chi connectivity index (χ1n) is 27.2. The highest BCUT2D eigenvalue weighted by Gasteiger charge is 2.55. The lowest BCUT2D eigenvalue weighted by Crippen LogP contribution is -2.68. The minimum Gasteiger partial charge on any atom is -0.493 e. The van der Waals surface area contributed by atoms with Gasteiger partial charge in [0.05, 0.1) is 48.0 Å². The van der Waals surface area contributed by atoms with Gasteiger partial charge in [-0.2, -0.15) is 4.98 Å². The van der Waals surface area contributed by atoms with Crippen molar-refractivity contribution in [2.45, 2.75) is 113 Å². The minimum atomic E-state index is -4.75. The van der Waals surface area contributed by atoms with Crippen LogP contribution in [0.3, 0.4) is 0 Å². The second-order valence-electron chi connectivity index (χ2n) is 22.9. The third-order valence-electron chi connectivity index (χ3n) is 16.6. The van der Waals surface area contributed by atoms with Gasteiger partial charge in [-0.15, -0.1) is 0 Å². The summed E-state index contributed by atoms with van der Waals surface area (Å²) >= 11 is 0. The largest absolute Gasteiger partial charge is 0.493 e. The first-order valence-corrected chi connectivity index (χ1v) is 28.7. The van der Waals surface area contributed by atoms with Gasteiger partial charge < -0.3 is 39.3 Å². The number of sulfonamides is 1. The number of benzene rings is 3. The van der Waals surface area contributed by atoms with Crippen molar-refractivity contribution in [1.82, 2.24) is 29.5 Å². The Bertz CT molecular complexity index is 3380. The molecular formula is C58H68FN9O10S. The number of hydrogen-bond acceptors (Lipinski definition) is 16. The smallest absolute Gasteiger partial charge is 0.312 e. The fourth-order valence-corrected chi connectivity index (χ4v) is 13.0. The average Bonchev–Trinajstić information content (AvgIpc) is 4.31. The number of pyridine rings is 2. The first-order chi connectivity index (χ1) is 37.9. The molecule has 1 spiro atoms. The Morgan fingerprint density at radius 3 is 2.46 bits per heavy atom. The highest BCUT2D eigenvalue weighted by molar-refractivity contribution is 7.90. The molecule has 1 amide bonds. The fourth-order valence-electron chi connectivity index (χ4n) is 12.1. The van der Waals surface area contributed by atoms with Crippen molar-refractivity contribution in [2.75, 3.05) is 63.7 Å². The van der Waals surface area contributed by atoms with Gasteiger partial charge in [-0.25, -0.2) is 22.5 Å². The summed E-state index contributed by atoms with van der Waals surface area (Å²) in [5.41, 5.74) is 3.35. The maximum atomic E-state index is 14.9. The van der Waals surface area contributed by atoms with E-state index < -0.39 is 42.9 Å². The van der Waals surface area contributed by atoms with E-state index in [1.165, 1.54) is 35.9 Å². The summed E-state index contributed by atoms with van der Waals surface area (Å²) in [5, 5.41) is 25.7. The van der Waals surface area contributed by atoms with Crippen molar-refractivity contribution in [3.05, 3.63) is 123 Å². The molecule has 11 rings (SSSR count). The van der Waals surface area contributed by atoms with Crippen LogP contribution in [0.15, 0.2) is 90.1 Å². The van der Waals surface area contributed by atoms with Crippen molar-refractivity contribution >= 4 is 44.2 Å². The summed E-state index contributed by atoms with van der Waals surface area (Å²) in [6.45, 7) is 11.6. The monoisotopic (exact) mass is 1100 g/mol. The zero-order valence-corrected chi connectivity index (χ0v) is 46.0. The van der Waals surface area contributed by atoms with Crippen molar-refractivity contribution < 1.29 is 46.6 Å². The average molecular weight is 1100 g/mol. The van der Waals surface area contributed by atoms with Crippen LogP contribution in [-0.2, 0) is 16.6 Å². The second-order valence-corrected chi connectivity index (χ2v) is 24.5. The van der Waals surface area contributed by atoms with E-state index in [9.17, 15) is 32.8 Å². The van der Waals surface area contributed by atoms with Gasteiger partial charge in [-0.05, 0) is 111 Å². The Kier molecular flexibility index (Phi) is 14.7. The van der Waals surface area contributed by atoms with Crippen LogP contribution in [0.2, 0.25) is 0 Å². The number of H-pyrrole nitrogens is 1. The van der Waals surface area contributed by atoms with Gasteiger partial charge in [0.15, 0.2) is 17.2 Å². The Balaban J connectivity index is 0.805. The number of rotatable bonds is 19. The summed E-state index contributed by atoms with van der Waals surface area (Å²) in [6, 6.07) is 22.8. The van der Waals surface area contributed by atoms with E-state index in [1.807, 2.05) is 6.07 Å². The van der Waals surface area contributed by atoms with Crippen LogP contribution in [0, 0.1) is 27.3 Å². The van der Waals surface area contributed by atoms with Crippen LogP contribution < -0.4 is 33.9 Å². The molecule has 3 aromatic heterocycles. The van der Waals surface area contributed by atoms with Crippen LogP contribution >= 0.6 is 0 Å². The quantitative estimate of drug-likeness (QED) is 0.0437. The molecule has 79 heavy (non-hydrogen) atoms. The number of amides is 1. The van der Waals surface area contributed by atoms with Crippen LogP contribution in [-0.4, -0.2) is 120 Å². The van der Waals surface area contributed by atoms with E-state index in [0.29, 0.717) is 49.9 Å². The van der Waals surface area contributed by atoms with Crippen LogP contribution in [0.25, 0.3) is 11.0 Å². The van der Waals surface area contributed by atoms with Crippen molar-refractivity contribution in [3.8, 4) is 28.9 Å². The number of nitrogens with one attached hydrogen (secondary N) is 3. The van der Waals surface area contributed by atoms with Crippen LogP contribution in [0.1, 0.15) is 111 Å². The lowest BCUT2D eigenvalue weighted by molar-refractivity contribution is -0.384. The van der Waals surface area contributed by atoms with Gasteiger partial charge in [-0.3, -0.25) is 24.7 Å². The molecule has 0 bridgehead atoms. The maximum Gasteiger partial charge on any atom is 0.312 e. The number of anilines is 2. The Morgan fingerprint density at radius 1 is 0.962 bits per heavy atom. The molecule has 19 nitrogen and oxygen atoms in total. The molecule has 5 aliphatic rings. The zero-order chi connectivity index (χ0) is 55.4. The van der Waals surface area contributed by atoms with E-state index in [4.69, 9.17) is 18.9 Å². The SMILES string of the molecule is COc1cc(CN2CCN(C3CC4(C3)CN(c3ccc(C(=O)NS(=O)(=O)c5cnc(NCC6CCC(C)(O)CC6)c([N+](=O)[O-])c5)c(Oc5cc6c(F)c[nH]c6nc5OC)c3)C4)[C@H](c3ccccc3C(C)C)C2)ccc1OC1CC1. The summed E-state index contributed by atoms with van der Waals surface area (Å²) < 4.78 is 68.6. The van der Waals surface area contributed by atoms with Gasteiger partial charge in [-0.1, -0.05) is 44.2 Å². The number of halogens is 1. The van der Waals surface area contributed by atoms with E-state index in [1.54, 1.807) is 26.2 Å². The zero-order valence-electron chi connectivity index (χ0n) is 45.2. The molecule has 6 aromatic rings. The molecule has 3 aromatic carbocycles. The van der Waals surface area contributed by atoms with Gasteiger partial charge in [0, 0.05) is 93.4 Å². The number of hydrogen-bond donors (Lipinski definition) is 4. The third kappa shape index (κ3) is 11.4. The van der Waals surface area contributed by atoms with Crippen molar-refractivity contribution in [2.24, 2.45) is 11.3 Å². The van der Waals surface area contributed by atoms with Gasteiger partial charge in [0.1, 0.15) is 22.1 Å². The van der Waals surface area contributed by atoms with E-state index in [2.05, 4.69) is 89.9 Å². The van der Waals surface area contributed by atoms with Gasteiger partial charge in [0.2, 0.25) is 5.82 Å². The number of carbonyl (C=O) groups excluding carboxylic acids is 1. The maximum absolute atomic E-state index is 14.9. The predicted octanol–water partition coefficient (Wildman–Crippen LogP) is 9.48. The Labute approximate surface area is 459 Å². The fraction of sp³-hybridized carbons (Fsp3) is 0.466. The number of ether oxygens (including phenoxy) is 4. The van der Waals surface area contributed by atoms with Crippen molar-refractivity contribution in [1.29, 1.82) is 0 Å². The molecule has 21 heteroatoms. The number of methoxy groups -OCH3 is 2. The first kappa shape index (κ1) is 53.9. The summed E-state index contributed by atoms with van der Waals surface area (Å²) in [4.78, 5) is 43.8. The molecule has 0 radical (unpaired) electrons. The van der Waals surface area contributed by atoms with E-state index >= 15 is 0 Å². The molecule has 3 saturated carbocycles. The van der Waals surface area contributed by atoms with Crippen molar-refractivity contribution in [3.63, 3.8) is 0 Å². The molecule has 4 N–H and O–H groups in total. The molecule has 5 heterocycles. The number of nitro groups is 1. The number of aliphatic hydroxyl groups is 1. The molecule has 2 aliphatic heterocycles. The molecule has 5 fully saturated rings. The topological polar surface area (TPSA) is 227 Å². The number of aromatic nitrogens is 3. The molecule has 418 valence electrons. The number of fused-ring (bicyclic) bond motifs is 1. The number of nitrogens with zero attached hydrogens (tertiary/aromatic N) is 6. The van der Waals surface area contributed by atoms with Gasteiger partial charge >= 0.3 is 5.69 Å². The Hall–Kier alpha value is -7.07. The molecule has 2 saturated heterocycles. The summed E-state index contributed by atoms with van der Waals surface area (Å²) in [6.07, 6.45) is 9.14. The number of carbonyl (C=O) groups is 1. The predicted molar refractivity (Wildman–Crippen MR) is 295 cm³/mol. The number of aromatic amines is 1. The highest BCUT2D eigenvalue weighted by atomic mass is 32.2. The molecular weight excluding hydrogens is 1030 g/mol. The molecule has 1 atom stereocenters. The third-order valence-corrected chi connectivity index (χ3v) is 17.9. The molecule has 0 unspecified atom stereocenters. The Morgan fingerprint density at radius 2 is 1.73 bits per heavy atom.